The zero-order chi connectivity index (χ0) is 99.9. The maximum atomic E-state index is 12.9. The maximum Gasteiger partial charge on any atom is 0.762 e. The van der Waals surface area contributed by atoms with Crippen LogP contribution in [0.4, 0.5) is 50.1 Å². The quantitative estimate of drug-likeness (QED) is 0.0432. The van der Waals surface area contributed by atoms with Gasteiger partial charge in [-0.25, -0.2) is 28.8 Å². The van der Waals surface area contributed by atoms with Crippen LogP contribution in [0.3, 0.4) is 0 Å². The van der Waals surface area contributed by atoms with Crippen molar-refractivity contribution >= 4 is 162 Å². The molecular weight excluding hydrogens is 1780 g/mol. The van der Waals surface area contributed by atoms with Crippen molar-refractivity contribution < 1.29 is 104 Å². The molecular formula is C101H133BBrF3N8O19. The molecule has 32 heteroatoms. The van der Waals surface area contributed by atoms with Crippen LogP contribution >= 0.6 is 15.9 Å². The standard InChI is InChI=1S/C26H34N2O5.C25H32N2O5.C21H26N2O3.C14H14BrN.C11H17NO5.C4H10O.BF3/c1-9-17-12-19-13-20(11-10-18(19)14-21(17)27(5)6)26(32-8)15-22(23(29)31-7)28(16-26)24(30)33-25(2,3)4;1-8-16-11-18-12-19(10-9-17(18)13-20(16)26(5)6)25(30)14-21(22(28)31-7)27(15-25)23(29)32-24(2,3)4;1-6-14-9-16-10-17(8-7-15(16)11-19(14)23(2)3)21(26-5)12-18(22-13-21)20(24)25-4;1-4-10-7-12-8-13(15)6-5-11(12)9-14(10)16(2)3;1-11(2,3)17-10(15)12-6-7(13)5-8(12)9(14)16-4;1-3-5-4-2;2-1(3)4/h9-14,22H,1,15-16H2,2-8H3;8-13,21,30H,1,14-15H2,2-7H3;6-11,18,22H,1,12-13H2,2-5H3;4-9H,1H2,2-3H3;8H,5-6H2,1-4H3;3-4H2,1-2H3;/t22-,26-;21-,25-;18-,21-;;8-;;/m000.0../s1. The summed E-state index contributed by atoms with van der Waals surface area (Å²) in [7, 11) is 20.9. The number of ether oxygens (including phenoxy) is 10. The molecule has 0 spiro atoms. The van der Waals surface area contributed by atoms with Gasteiger partial charge in [-0.05, 0) is 237 Å². The number of likely N-dealkylation sites (tertiary alicyclic amines) is 3. The summed E-state index contributed by atoms with van der Waals surface area (Å²) in [6.07, 6.45) is 6.34. The molecule has 722 valence electrons. The van der Waals surface area contributed by atoms with E-state index in [0.717, 1.165) is 105 Å². The molecule has 12 rings (SSSR count). The molecule has 4 heterocycles. The molecule has 0 unspecified atom stereocenters. The Balaban J connectivity index is 0.000000255. The Morgan fingerprint density at radius 2 is 0.774 bits per heavy atom. The van der Waals surface area contributed by atoms with Crippen molar-refractivity contribution in [3.63, 3.8) is 0 Å². The van der Waals surface area contributed by atoms with Crippen molar-refractivity contribution in [3.05, 3.63) is 191 Å². The Kier molecular flexibility index (Phi) is 39.7. The zero-order valence-electron chi connectivity index (χ0n) is 81.6. The van der Waals surface area contributed by atoms with Crippen LogP contribution in [0, 0.1) is 0 Å². The van der Waals surface area contributed by atoms with Gasteiger partial charge in [0, 0.05) is 143 Å². The third-order valence-electron chi connectivity index (χ3n) is 22.3. The first-order valence-corrected chi connectivity index (χ1v) is 44.1. The smallest absolute Gasteiger partial charge is 0.468 e. The van der Waals surface area contributed by atoms with E-state index in [9.17, 15) is 56.4 Å². The molecule has 4 saturated heterocycles. The molecule has 0 aromatic heterocycles. The van der Waals surface area contributed by atoms with Crippen LogP contribution in [0.15, 0.2) is 152 Å². The second-order valence-electron chi connectivity index (χ2n) is 35.9. The number of nitrogens with one attached hydrogen (secondary N) is 1. The predicted octanol–water partition coefficient (Wildman–Crippen LogP) is 18.4. The zero-order valence-corrected chi connectivity index (χ0v) is 83.2. The van der Waals surface area contributed by atoms with Gasteiger partial charge in [0.2, 0.25) is 0 Å². The average Bonchev–Trinajstić information content (AvgIpc) is 1.58. The number of esters is 4. The molecule has 8 aromatic carbocycles. The number of ketones is 1. The average molecular weight is 1910 g/mol. The number of fused-ring (bicyclic) bond motifs is 4. The Labute approximate surface area is 789 Å². The molecule has 8 aromatic rings. The third kappa shape index (κ3) is 29.2. The highest BCUT2D eigenvalue weighted by molar-refractivity contribution is 9.10. The van der Waals surface area contributed by atoms with Gasteiger partial charge in [0.05, 0.1) is 48.1 Å². The monoisotopic (exact) mass is 1910 g/mol. The van der Waals surface area contributed by atoms with Crippen LogP contribution in [0.25, 0.3) is 67.4 Å². The molecule has 2 N–H and O–H groups in total. The summed E-state index contributed by atoms with van der Waals surface area (Å²) >= 11 is 3.49. The first kappa shape index (κ1) is 110. The number of amides is 3. The van der Waals surface area contributed by atoms with Crippen LogP contribution in [-0.2, 0) is 88.1 Å². The maximum absolute atomic E-state index is 12.9. The summed E-state index contributed by atoms with van der Waals surface area (Å²) in [6.45, 7) is 37.7. The summed E-state index contributed by atoms with van der Waals surface area (Å²) in [5.74, 6) is -2.11. The van der Waals surface area contributed by atoms with E-state index in [1.165, 1.54) is 54.7 Å². The minimum absolute atomic E-state index is 0.00802. The van der Waals surface area contributed by atoms with E-state index in [2.05, 4.69) is 152 Å². The molecule has 3 amide bonds. The number of anilines is 4. The largest absolute Gasteiger partial charge is 0.762 e. The highest BCUT2D eigenvalue weighted by atomic mass is 79.9. The van der Waals surface area contributed by atoms with Gasteiger partial charge in [0.15, 0.2) is 5.78 Å². The van der Waals surface area contributed by atoms with E-state index in [1.807, 2.05) is 130 Å². The molecule has 0 radical (unpaired) electrons. The predicted molar refractivity (Wildman–Crippen MR) is 527 cm³/mol. The molecule has 4 aliphatic rings. The number of halogens is 4. The van der Waals surface area contributed by atoms with Crippen molar-refractivity contribution in [2.24, 2.45) is 0 Å². The molecule has 27 nitrogen and oxygen atoms in total. The normalized spacial score (nSPS) is 18.9. The van der Waals surface area contributed by atoms with Crippen LogP contribution in [0.1, 0.15) is 141 Å². The first-order valence-electron chi connectivity index (χ1n) is 43.3. The second kappa shape index (κ2) is 47.9. The first-order chi connectivity index (χ1) is 62.3. The van der Waals surface area contributed by atoms with E-state index in [1.54, 1.807) is 82.6 Å². The molecule has 0 bridgehead atoms. The summed E-state index contributed by atoms with van der Waals surface area (Å²) in [5, 5.41) is 23.6. The number of carbonyl (C=O) groups excluding carboxylic acids is 8. The molecule has 7 atom stereocenters. The van der Waals surface area contributed by atoms with Crippen molar-refractivity contribution in [1.82, 2.24) is 20.0 Å². The number of Topliss-reactive ketones (excluding diaryl/α,β-unsaturated/α-hetero) is 1. The van der Waals surface area contributed by atoms with E-state index < -0.39 is 95.5 Å². The topological polar surface area (TPSA) is 284 Å². The summed E-state index contributed by atoms with van der Waals surface area (Å²) in [5.41, 5.74) is 6.33. The number of hydrogen-bond donors (Lipinski definition) is 2. The van der Waals surface area contributed by atoms with Gasteiger partial charge >= 0.3 is 49.7 Å². The van der Waals surface area contributed by atoms with Gasteiger partial charge in [-0.15, -0.1) is 0 Å². The Morgan fingerprint density at radius 1 is 0.451 bits per heavy atom. The van der Waals surface area contributed by atoms with Crippen LogP contribution < -0.4 is 24.9 Å². The van der Waals surface area contributed by atoms with Crippen molar-refractivity contribution in [3.8, 4) is 0 Å². The molecule has 4 fully saturated rings. The van der Waals surface area contributed by atoms with Crippen LogP contribution in [-0.4, -0.2) is 255 Å². The highest BCUT2D eigenvalue weighted by Gasteiger charge is 2.54. The molecule has 0 aliphatic carbocycles. The summed E-state index contributed by atoms with van der Waals surface area (Å²) in [6, 6.07) is 38.4. The fourth-order valence-corrected chi connectivity index (χ4v) is 16.1. The molecule has 4 aliphatic heterocycles. The number of β-amino-alcohol motifs (C(OH)–C–C–N with tert-alkyl or cyclic N) is 1. The summed E-state index contributed by atoms with van der Waals surface area (Å²) in [4.78, 5) is 109. The third-order valence-corrected chi connectivity index (χ3v) is 22.8. The lowest BCUT2D eigenvalue weighted by Crippen LogP contribution is -2.44. The highest BCUT2D eigenvalue weighted by Crippen LogP contribution is 2.45. The van der Waals surface area contributed by atoms with Crippen LogP contribution in [0.2, 0.25) is 0 Å². The van der Waals surface area contributed by atoms with E-state index in [0.29, 0.717) is 18.5 Å². The Bertz CT molecular complexity index is 5480. The number of carbonyl (C=O) groups is 8. The lowest BCUT2D eigenvalue weighted by atomic mass is 9.88. The van der Waals surface area contributed by atoms with E-state index in [4.69, 9.17) is 42.6 Å². The summed E-state index contributed by atoms with van der Waals surface area (Å²) < 4.78 is 82.3. The Hall–Kier alpha value is -11.5. The molecule has 0 saturated carbocycles. The second-order valence-corrected chi connectivity index (χ2v) is 36.8. The Morgan fingerprint density at radius 3 is 1.11 bits per heavy atom. The number of methoxy groups -OCH3 is 6. The number of rotatable bonds is 19. The minimum Gasteiger partial charge on any atom is -0.468 e. The number of aliphatic hydroxyl groups is 1. The lowest BCUT2D eigenvalue weighted by Gasteiger charge is -2.30. The minimum atomic E-state index is -3.67. The van der Waals surface area contributed by atoms with Crippen LogP contribution in [0.5, 0.6) is 0 Å². The van der Waals surface area contributed by atoms with Gasteiger partial charge in [0.1, 0.15) is 57.8 Å². The van der Waals surface area contributed by atoms with E-state index >= 15 is 0 Å². The van der Waals surface area contributed by atoms with Crippen molar-refractivity contribution in [1.29, 1.82) is 0 Å². The van der Waals surface area contributed by atoms with Gasteiger partial charge in [0.25, 0.3) is 0 Å². The van der Waals surface area contributed by atoms with E-state index in [-0.39, 0.29) is 56.7 Å². The fraction of sp³-hybridized carbons (Fsp3) is 0.446. The number of hydrogen-bond acceptors (Lipinski definition) is 24. The van der Waals surface area contributed by atoms with Crippen molar-refractivity contribution in [2.45, 2.75) is 160 Å². The SMILES string of the molecule is C=Cc1cc2cc(Br)ccc2cc1N(C)C.C=Cc1cc2cc([C@@]3(OC)CN[C@H](C(=O)OC)C3)ccc2cc1N(C)C.C=Cc1cc2cc([C@]3(O)C[C@@H](C(=O)OC)N(C(=O)OC(C)(C)C)C3)ccc2cc1N(C)C.C=Cc1cc2cc([C@]3(OC)C[C@@H](C(=O)OC)N(C(=O)OC(C)(C)C)C3)ccc2cc1N(C)C.CCOCC.COC(=O)[C@@H]1CC(=O)CN1C(=O)OC(C)(C)C.FB(F)F. The number of nitrogens with zero attached hydrogens (tertiary/aromatic N) is 7. The van der Waals surface area contributed by atoms with Gasteiger partial charge < -0.3 is 77.4 Å². The van der Waals surface area contributed by atoms with Crippen molar-refractivity contribution in [2.75, 3.05) is 158 Å². The number of benzene rings is 8. The lowest BCUT2D eigenvalue weighted by molar-refractivity contribution is -0.146. The van der Waals surface area contributed by atoms with Gasteiger partial charge in [-0.1, -0.05) is 109 Å². The van der Waals surface area contributed by atoms with Gasteiger partial charge in [-0.3, -0.25) is 37.2 Å². The van der Waals surface area contributed by atoms with Gasteiger partial charge in [-0.2, -0.15) is 0 Å². The fourth-order valence-electron chi connectivity index (χ4n) is 15.7. The molecule has 133 heavy (non-hydrogen) atoms.